The van der Waals surface area contributed by atoms with Gasteiger partial charge in [0.05, 0.1) is 6.10 Å². The van der Waals surface area contributed by atoms with Crippen LogP contribution in [0.4, 0.5) is 0 Å². The van der Waals surface area contributed by atoms with Crippen molar-refractivity contribution in [3.05, 3.63) is 0 Å². The van der Waals surface area contributed by atoms with Crippen molar-refractivity contribution in [2.24, 2.45) is 17.1 Å². The SMILES string of the molecule is CCOC(C(N)C1CCC1)C(C)(C)C. The molecule has 1 rings (SSSR count). The van der Waals surface area contributed by atoms with Crippen LogP contribution in [-0.2, 0) is 4.74 Å². The highest BCUT2D eigenvalue weighted by Crippen LogP contribution is 2.35. The van der Waals surface area contributed by atoms with Crippen molar-refractivity contribution in [3.8, 4) is 0 Å². The number of hydrogen-bond acceptors (Lipinski definition) is 2. The summed E-state index contributed by atoms with van der Waals surface area (Å²) in [4.78, 5) is 0. The standard InChI is InChI=1S/C12H25NO/c1-5-14-11(12(2,3)4)10(13)9-7-6-8-9/h9-11H,5-8,13H2,1-4H3. The monoisotopic (exact) mass is 199 g/mol. The zero-order chi connectivity index (χ0) is 10.8. The van der Waals surface area contributed by atoms with Gasteiger partial charge in [-0.05, 0) is 31.1 Å². The third-order valence-electron chi connectivity index (χ3n) is 3.24. The van der Waals surface area contributed by atoms with Gasteiger partial charge in [0.25, 0.3) is 0 Å². The fraction of sp³-hybridized carbons (Fsp3) is 1.00. The van der Waals surface area contributed by atoms with Crippen LogP contribution in [0.15, 0.2) is 0 Å². The molecular formula is C12H25NO. The minimum atomic E-state index is 0.158. The average molecular weight is 199 g/mol. The van der Waals surface area contributed by atoms with E-state index in [0.717, 1.165) is 6.61 Å². The van der Waals surface area contributed by atoms with Crippen LogP contribution in [0.5, 0.6) is 0 Å². The molecule has 0 saturated heterocycles. The second-order valence-corrected chi connectivity index (χ2v) is 5.51. The third-order valence-corrected chi connectivity index (χ3v) is 3.24. The molecular weight excluding hydrogens is 174 g/mol. The predicted molar refractivity (Wildman–Crippen MR) is 60.2 cm³/mol. The van der Waals surface area contributed by atoms with Crippen molar-refractivity contribution >= 4 is 0 Å². The van der Waals surface area contributed by atoms with Gasteiger partial charge in [-0.2, -0.15) is 0 Å². The van der Waals surface area contributed by atoms with E-state index in [1.165, 1.54) is 19.3 Å². The van der Waals surface area contributed by atoms with E-state index in [0.29, 0.717) is 5.92 Å². The summed E-state index contributed by atoms with van der Waals surface area (Å²) >= 11 is 0. The molecule has 2 unspecified atom stereocenters. The second-order valence-electron chi connectivity index (χ2n) is 5.51. The van der Waals surface area contributed by atoms with Crippen molar-refractivity contribution in [1.82, 2.24) is 0 Å². The predicted octanol–water partition coefficient (Wildman–Crippen LogP) is 2.57. The molecule has 1 aliphatic rings. The van der Waals surface area contributed by atoms with E-state index in [1.807, 2.05) is 6.92 Å². The molecule has 1 saturated carbocycles. The summed E-state index contributed by atoms with van der Waals surface area (Å²) < 4.78 is 5.80. The first-order chi connectivity index (χ1) is 6.46. The van der Waals surface area contributed by atoms with Crippen molar-refractivity contribution < 1.29 is 4.74 Å². The Morgan fingerprint density at radius 2 is 1.93 bits per heavy atom. The van der Waals surface area contributed by atoms with Crippen LogP contribution in [0.3, 0.4) is 0 Å². The van der Waals surface area contributed by atoms with Crippen LogP contribution in [-0.4, -0.2) is 18.8 Å². The average Bonchev–Trinajstić information content (AvgIpc) is 1.93. The van der Waals surface area contributed by atoms with Crippen molar-refractivity contribution in [2.45, 2.75) is 59.1 Å². The molecule has 2 N–H and O–H groups in total. The molecule has 84 valence electrons. The lowest BCUT2D eigenvalue weighted by Crippen LogP contribution is -2.51. The summed E-state index contributed by atoms with van der Waals surface area (Å²) in [5.41, 5.74) is 6.43. The van der Waals surface area contributed by atoms with Crippen molar-refractivity contribution in [3.63, 3.8) is 0 Å². The summed E-state index contributed by atoms with van der Waals surface area (Å²) in [6, 6.07) is 0.226. The minimum Gasteiger partial charge on any atom is -0.376 e. The summed E-state index contributed by atoms with van der Waals surface area (Å²) in [5, 5.41) is 0. The van der Waals surface area contributed by atoms with Crippen LogP contribution < -0.4 is 5.73 Å². The highest BCUT2D eigenvalue weighted by atomic mass is 16.5. The molecule has 0 aromatic carbocycles. The van der Waals surface area contributed by atoms with Gasteiger partial charge in [-0.25, -0.2) is 0 Å². The summed E-state index contributed by atoms with van der Waals surface area (Å²) in [7, 11) is 0. The quantitative estimate of drug-likeness (QED) is 0.755. The van der Waals surface area contributed by atoms with E-state index in [9.17, 15) is 0 Å². The smallest absolute Gasteiger partial charge is 0.0776 e. The lowest BCUT2D eigenvalue weighted by molar-refractivity contribution is -0.0476. The van der Waals surface area contributed by atoms with Crippen LogP contribution >= 0.6 is 0 Å². The summed E-state index contributed by atoms with van der Waals surface area (Å²) in [6.45, 7) is 9.46. The lowest BCUT2D eigenvalue weighted by Gasteiger charge is -2.41. The largest absolute Gasteiger partial charge is 0.376 e. The molecule has 2 nitrogen and oxygen atoms in total. The maximum absolute atomic E-state index is 6.27. The van der Waals surface area contributed by atoms with Gasteiger partial charge in [0.1, 0.15) is 0 Å². The molecule has 0 aromatic heterocycles. The Kier molecular flexibility index (Phi) is 3.96. The molecule has 0 aromatic rings. The first-order valence-corrected chi connectivity index (χ1v) is 5.84. The van der Waals surface area contributed by atoms with Crippen molar-refractivity contribution in [1.29, 1.82) is 0 Å². The Bertz CT molecular complexity index is 170. The Labute approximate surface area is 88.2 Å². The Morgan fingerprint density at radius 3 is 2.21 bits per heavy atom. The van der Waals surface area contributed by atoms with E-state index >= 15 is 0 Å². The number of nitrogens with two attached hydrogens (primary N) is 1. The van der Waals surface area contributed by atoms with Crippen LogP contribution in [0, 0.1) is 11.3 Å². The van der Waals surface area contributed by atoms with Crippen LogP contribution in [0.2, 0.25) is 0 Å². The molecule has 14 heavy (non-hydrogen) atoms. The van der Waals surface area contributed by atoms with E-state index in [1.54, 1.807) is 0 Å². The Balaban J connectivity index is 2.56. The van der Waals surface area contributed by atoms with E-state index in [2.05, 4.69) is 20.8 Å². The molecule has 2 atom stereocenters. The summed E-state index contributed by atoms with van der Waals surface area (Å²) in [5.74, 6) is 0.700. The van der Waals surface area contributed by atoms with E-state index in [-0.39, 0.29) is 17.6 Å². The van der Waals surface area contributed by atoms with Crippen LogP contribution in [0.1, 0.15) is 47.0 Å². The highest BCUT2D eigenvalue weighted by Gasteiger charge is 2.37. The van der Waals surface area contributed by atoms with Crippen molar-refractivity contribution in [2.75, 3.05) is 6.61 Å². The zero-order valence-electron chi connectivity index (χ0n) is 10.0. The first kappa shape index (κ1) is 12.0. The third kappa shape index (κ3) is 2.71. The molecule has 1 aliphatic carbocycles. The maximum Gasteiger partial charge on any atom is 0.0776 e. The van der Waals surface area contributed by atoms with E-state index < -0.39 is 0 Å². The minimum absolute atomic E-state index is 0.158. The number of ether oxygens (including phenoxy) is 1. The fourth-order valence-corrected chi connectivity index (χ4v) is 2.19. The highest BCUT2D eigenvalue weighted by molar-refractivity contribution is 4.91. The van der Waals surface area contributed by atoms with Gasteiger partial charge in [-0.15, -0.1) is 0 Å². The lowest BCUT2D eigenvalue weighted by atomic mass is 9.72. The molecule has 0 aliphatic heterocycles. The normalized spacial score (nSPS) is 22.9. The molecule has 1 fully saturated rings. The van der Waals surface area contributed by atoms with E-state index in [4.69, 9.17) is 10.5 Å². The maximum atomic E-state index is 6.27. The van der Waals surface area contributed by atoms with Crippen LogP contribution in [0.25, 0.3) is 0 Å². The molecule has 2 heteroatoms. The van der Waals surface area contributed by atoms with Gasteiger partial charge in [0.15, 0.2) is 0 Å². The fourth-order valence-electron chi connectivity index (χ4n) is 2.19. The second kappa shape index (κ2) is 4.63. The van der Waals surface area contributed by atoms with Gasteiger partial charge < -0.3 is 10.5 Å². The summed E-state index contributed by atoms with van der Waals surface area (Å²) in [6.07, 6.45) is 4.14. The number of rotatable bonds is 4. The van der Waals surface area contributed by atoms with Gasteiger partial charge in [0.2, 0.25) is 0 Å². The Hall–Kier alpha value is -0.0800. The molecule has 0 radical (unpaired) electrons. The first-order valence-electron chi connectivity index (χ1n) is 5.84. The van der Waals surface area contributed by atoms with Gasteiger partial charge in [-0.3, -0.25) is 0 Å². The van der Waals surface area contributed by atoms with Gasteiger partial charge >= 0.3 is 0 Å². The molecule has 0 amide bonds. The topological polar surface area (TPSA) is 35.2 Å². The molecule has 0 heterocycles. The Morgan fingerprint density at radius 1 is 1.36 bits per heavy atom. The number of hydrogen-bond donors (Lipinski definition) is 1. The van der Waals surface area contributed by atoms with Gasteiger partial charge in [0, 0.05) is 12.6 Å². The molecule has 0 spiro atoms. The zero-order valence-corrected chi connectivity index (χ0v) is 10.0. The van der Waals surface area contributed by atoms with Gasteiger partial charge in [-0.1, -0.05) is 27.2 Å². The molecule has 0 bridgehead atoms.